The third kappa shape index (κ3) is 2.74. The highest BCUT2D eigenvalue weighted by molar-refractivity contribution is 6.31. The zero-order valence-corrected chi connectivity index (χ0v) is 18.7. The number of fused-ring (bicyclic) bond motifs is 7. The zero-order valence-electron chi connectivity index (χ0n) is 18.0. The Bertz CT molecular complexity index is 1590. The van der Waals surface area contributed by atoms with Gasteiger partial charge in [0.1, 0.15) is 11.6 Å². The molecule has 1 unspecified atom stereocenters. The Kier molecular flexibility index (Phi) is 4.20. The van der Waals surface area contributed by atoms with Crippen molar-refractivity contribution >= 4 is 39.9 Å². The monoisotopic (exact) mass is 479 g/mol. The van der Waals surface area contributed by atoms with Crippen LogP contribution < -0.4 is 10.5 Å². The maximum absolute atomic E-state index is 14.2. The molecule has 172 valence electrons. The van der Waals surface area contributed by atoms with E-state index < -0.39 is 5.82 Å². The number of halogens is 2. The number of nitrogens with zero attached hydrogens (tertiary/aromatic N) is 4. The number of ether oxygens (including phenoxy) is 1. The zero-order chi connectivity index (χ0) is 23.1. The van der Waals surface area contributed by atoms with Gasteiger partial charge < -0.3 is 14.6 Å². The van der Waals surface area contributed by atoms with Gasteiger partial charge in [0.05, 0.1) is 21.7 Å². The predicted molar refractivity (Wildman–Crippen MR) is 123 cm³/mol. The third-order valence-corrected chi connectivity index (χ3v) is 7.58. The largest absolute Gasteiger partial charge is 0.381 e. The fourth-order valence-corrected chi connectivity index (χ4v) is 5.88. The number of H-pyrrole nitrogens is 1. The van der Waals surface area contributed by atoms with Gasteiger partial charge in [0, 0.05) is 30.7 Å². The van der Waals surface area contributed by atoms with Crippen molar-refractivity contribution in [2.75, 3.05) is 18.1 Å². The lowest BCUT2D eigenvalue weighted by Crippen LogP contribution is -2.43. The molecule has 3 aliphatic rings. The molecule has 1 amide bonds. The molecular formula is C24H19ClFN5O3. The molecule has 5 heterocycles. The molecule has 2 aromatic heterocycles. The minimum Gasteiger partial charge on any atom is -0.381 e. The van der Waals surface area contributed by atoms with E-state index in [1.807, 2.05) is 12.1 Å². The van der Waals surface area contributed by atoms with Crippen molar-refractivity contribution in [3.63, 3.8) is 0 Å². The Balaban J connectivity index is 1.42. The average Bonchev–Trinajstić information content (AvgIpc) is 3.42. The van der Waals surface area contributed by atoms with Crippen molar-refractivity contribution < 1.29 is 13.9 Å². The van der Waals surface area contributed by atoms with Crippen molar-refractivity contribution in [1.29, 1.82) is 0 Å². The maximum atomic E-state index is 14.2. The molecule has 3 aliphatic heterocycles. The van der Waals surface area contributed by atoms with Gasteiger partial charge in [0.15, 0.2) is 0 Å². The van der Waals surface area contributed by atoms with E-state index >= 15 is 0 Å². The molecule has 0 bridgehead atoms. The second-order valence-electron chi connectivity index (χ2n) is 9.22. The number of carbonyl (C=O) groups is 1. The summed E-state index contributed by atoms with van der Waals surface area (Å²) in [4.78, 5) is 31.0. The number of rotatable bonds is 1. The summed E-state index contributed by atoms with van der Waals surface area (Å²) in [7, 11) is 0. The number of hydrogen-bond acceptors (Lipinski definition) is 5. The molecule has 0 radical (unpaired) electrons. The van der Waals surface area contributed by atoms with Gasteiger partial charge in [0.2, 0.25) is 5.65 Å². The van der Waals surface area contributed by atoms with Crippen LogP contribution in [0, 0.1) is 5.82 Å². The van der Waals surface area contributed by atoms with Crippen molar-refractivity contribution in [3.8, 4) is 0 Å². The van der Waals surface area contributed by atoms with Gasteiger partial charge in [-0.05, 0) is 61.1 Å². The Morgan fingerprint density at radius 1 is 1.06 bits per heavy atom. The molecule has 0 spiro atoms. The van der Waals surface area contributed by atoms with Crippen LogP contribution >= 0.6 is 11.6 Å². The lowest BCUT2D eigenvalue weighted by atomic mass is 9.92. The summed E-state index contributed by atoms with van der Waals surface area (Å²) < 4.78 is 21.5. The van der Waals surface area contributed by atoms with E-state index in [2.05, 4.69) is 15.2 Å². The minimum absolute atomic E-state index is 0.0579. The second kappa shape index (κ2) is 7.10. The molecule has 4 aromatic rings. The first kappa shape index (κ1) is 20.1. The number of aromatic amines is 1. The van der Waals surface area contributed by atoms with Gasteiger partial charge >= 0.3 is 0 Å². The van der Waals surface area contributed by atoms with Crippen LogP contribution in [0.4, 0.5) is 10.1 Å². The summed E-state index contributed by atoms with van der Waals surface area (Å²) >= 11 is 5.99. The molecule has 1 atom stereocenters. The highest BCUT2D eigenvalue weighted by Gasteiger charge is 2.40. The SMILES string of the molecule is O=C1c2cc3c(cc2CC2Cc4cc(Cl)c(F)cc4N12)[nH]c(=O)c1nnc(C2CCOCC2)n13. The van der Waals surface area contributed by atoms with Gasteiger partial charge in [0.25, 0.3) is 11.5 Å². The smallest absolute Gasteiger partial charge is 0.294 e. The average molecular weight is 480 g/mol. The summed E-state index contributed by atoms with van der Waals surface area (Å²) in [5.41, 5.74) is 4.02. The first-order chi connectivity index (χ1) is 16.5. The van der Waals surface area contributed by atoms with E-state index in [9.17, 15) is 14.0 Å². The van der Waals surface area contributed by atoms with Gasteiger partial charge in [-0.2, -0.15) is 0 Å². The topological polar surface area (TPSA) is 92.6 Å². The lowest BCUT2D eigenvalue weighted by Gasteiger charge is -2.32. The second-order valence-corrected chi connectivity index (χ2v) is 9.62. The Hall–Kier alpha value is -3.30. The predicted octanol–water partition coefficient (Wildman–Crippen LogP) is 3.38. The number of hydrogen-bond donors (Lipinski definition) is 1. The summed E-state index contributed by atoms with van der Waals surface area (Å²) in [5, 5.41) is 8.56. The van der Waals surface area contributed by atoms with Gasteiger partial charge in [-0.3, -0.25) is 14.0 Å². The van der Waals surface area contributed by atoms with Crippen LogP contribution in [0.1, 0.15) is 46.1 Å². The molecule has 0 aliphatic carbocycles. The maximum Gasteiger partial charge on any atom is 0.294 e. The highest BCUT2D eigenvalue weighted by atomic mass is 35.5. The summed E-state index contributed by atoms with van der Waals surface area (Å²) in [6, 6.07) is 6.53. The Morgan fingerprint density at radius 2 is 1.85 bits per heavy atom. The molecule has 10 heteroatoms. The van der Waals surface area contributed by atoms with E-state index in [1.165, 1.54) is 6.07 Å². The Morgan fingerprint density at radius 3 is 2.68 bits per heavy atom. The van der Waals surface area contributed by atoms with E-state index in [-0.39, 0.29) is 34.1 Å². The first-order valence-electron chi connectivity index (χ1n) is 11.3. The van der Waals surface area contributed by atoms with E-state index in [0.29, 0.717) is 54.2 Å². The normalized spacial score (nSPS) is 20.1. The quantitative estimate of drug-likeness (QED) is 0.452. The van der Waals surface area contributed by atoms with Crippen molar-refractivity contribution in [2.24, 2.45) is 0 Å². The van der Waals surface area contributed by atoms with E-state index in [0.717, 1.165) is 24.0 Å². The molecule has 1 fully saturated rings. The number of amides is 1. The van der Waals surface area contributed by atoms with Crippen LogP contribution in [0.25, 0.3) is 16.7 Å². The van der Waals surface area contributed by atoms with E-state index in [4.69, 9.17) is 16.3 Å². The molecule has 2 aromatic carbocycles. The summed E-state index contributed by atoms with van der Waals surface area (Å²) in [5.74, 6) is 0.0958. The van der Waals surface area contributed by atoms with Crippen LogP contribution in [-0.2, 0) is 17.6 Å². The van der Waals surface area contributed by atoms with Crippen LogP contribution in [0.15, 0.2) is 29.1 Å². The van der Waals surface area contributed by atoms with Crippen LogP contribution in [-0.4, -0.2) is 44.7 Å². The first-order valence-corrected chi connectivity index (χ1v) is 11.7. The molecule has 8 nitrogen and oxygen atoms in total. The molecule has 7 rings (SSSR count). The molecule has 34 heavy (non-hydrogen) atoms. The van der Waals surface area contributed by atoms with E-state index in [1.54, 1.807) is 15.4 Å². The summed E-state index contributed by atoms with van der Waals surface area (Å²) in [6.07, 6.45) is 2.78. The number of carbonyl (C=O) groups excluding carboxylic acids is 1. The van der Waals surface area contributed by atoms with Crippen LogP contribution in [0.3, 0.4) is 0 Å². The Labute approximate surface area is 197 Å². The van der Waals surface area contributed by atoms with Crippen LogP contribution in [0.2, 0.25) is 5.02 Å². The minimum atomic E-state index is -0.539. The molecular weight excluding hydrogens is 461 g/mol. The number of aromatic nitrogens is 4. The number of anilines is 1. The summed E-state index contributed by atoms with van der Waals surface area (Å²) in [6.45, 7) is 1.26. The molecule has 0 saturated carbocycles. The van der Waals surface area contributed by atoms with Crippen molar-refractivity contribution in [2.45, 2.75) is 37.6 Å². The van der Waals surface area contributed by atoms with Crippen LogP contribution in [0.5, 0.6) is 0 Å². The lowest BCUT2D eigenvalue weighted by molar-refractivity contribution is 0.0834. The fraction of sp³-hybridized carbons (Fsp3) is 0.333. The molecule has 1 saturated heterocycles. The van der Waals surface area contributed by atoms with Gasteiger partial charge in [-0.25, -0.2) is 4.39 Å². The van der Waals surface area contributed by atoms with Crippen molar-refractivity contribution in [3.05, 3.63) is 68.0 Å². The number of benzene rings is 2. The van der Waals surface area contributed by atoms with Gasteiger partial charge in [-0.15, -0.1) is 10.2 Å². The highest BCUT2D eigenvalue weighted by Crippen LogP contribution is 2.41. The fourth-order valence-electron chi connectivity index (χ4n) is 5.69. The number of nitrogens with one attached hydrogen (secondary N) is 1. The van der Waals surface area contributed by atoms with Crippen molar-refractivity contribution in [1.82, 2.24) is 19.6 Å². The third-order valence-electron chi connectivity index (χ3n) is 7.29. The standard InChI is InChI=1S/C24H19ClFN5O3/c25-16-7-13-6-14-5-12-8-18-20(9-15(12)24(33)30(14)19(13)10-17(16)26)31-21(11-1-3-34-4-2-11)28-29-22(31)23(32)27-18/h7-11,14H,1-6H2,(H,27,32). The molecule has 1 N–H and O–H groups in total. The van der Waals surface area contributed by atoms with Gasteiger partial charge in [-0.1, -0.05) is 11.6 Å².